The van der Waals surface area contributed by atoms with Gasteiger partial charge in [0.2, 0.25) is 11.8 Å². The lowest BCUT2D eigenvalue weighted by Crippen LogP contribution is -2.59. The summed E-state index contributed by atoms with van der Waals surface area (Å²) in [7, 11) is 0. The number of nitrogens with two attached hydrogens (primary N) is 2. The molecule has 3 atom stereocenters. The smallest absolute Gasteiger partial charge is 0.419 e. The van der Waals surface area contributed by atoms with E-state index in [4.69, 9.17) is 16.2 Å². The number of fused-ring (bicyclic) bond motifs is 1. The molecule has 3 unspecified atom stereocenters. The van der Waals surface area contributed by atoms with Gasteiger partial charge in [0.25, 0.3) is 0 Å². The average molecular weight is 535 g/mol. The Hall–Kier alpha value is -2.89. The van der Waals surface area contributed by atoms with Gasteiger partial charge in [-0.2, -0.15) is 11.8 Å². The monoisotopic (exact) mass is 534 g/mol. The maximum atomic E-state index is 13.4. The van der Waals surface area contributed by atoms with E-state index in [0.29, 0.717) is 27.1 Å². The molecule has 37 heavy (non-hydrogen) atoms. The van der Waals surface area contributed by atoms with Crippen molar-refractivity contribution in [2.45, 2.75) is 71.2 Å². The molecule has 0 aliphatic heterocycles. The molecule has 0 aliphatic carbocycles. The van der Waals surface area contributed by atoms with Crippen molar-refractivity contribution in [1.29, 1.82) is 0 Å². The number of imide groups is 1. The Morgan fingerprint density at radius 1 is 1.11 bits per heavy atom. The van der Waals surface area contributed by atoms with Gasteiger partial charge in [-0.1, -0.05) is 32.0 Å². The molecule has 204 valence electrons. The third-order valence-electron chi connectivity index (χ3n) is 5.82. The molecule has 0 fully saturated rings. The van der Waals surface area contributed by atoms with Crippen LogP contribution >= 0.6 is 11.8 Å². The highest BCUT2D eigenvalue weighted by Gasteiger charge is 2.40. The molecular formula is C26H38N4O6S. The molecule has 0 radical (unpaired) electrons. The molecular weight excluding hydrogens is 496 g/mol. The molecule has 0 saturated carbocycles. The van der Waals surface area contributed by atoms with E-state index >= 15 is 0 Å². The molecule has 0 bridgehead atoms. The van der Waals surface area contributed by atoms with Crippen molar-refractivity contribution in [2.24, 2.45) is 17.4 Å². The lowest BCUT2D eigenvalue weighted by atomic mass is 9.98. The zero-order valence-corrected chi connectivity index (χ0v) is 23.1. The van der Waals surface area contributed by atoms with Crippen LogP contribution in [0.5, 0.6) is 0 Å². The van der Waals surface area contributed by atoms with Crippen molar-refractivity contribution in [3.05, 3.63) is 36.0 Å². The number of rotatable bonds is 10. The molecule has 2 aromatic rings. The number of hydrogen-bond donors (Lipinski definition) is 3. The summed E-state index contributed by atoms with van der Waals surface area (Å²) in [5.41, 5.74) is 12.4. The number of aromatic nitrogens is 1. The van der Waals surface area contributed by atoms with Crippen molar-refractivity contribution in [3.8, 4) is 0 Å². The van der Waals surface area contributed by atoms with Gasteiger partial charge in [-0.25, -0.2) is 9.59 Å². The van der Waals surface area contributed by atoms with Gasteiger partial charge < -0.3 is 21.3 Å². The Labute approximate surface area is 221 Å². The number of thioether (sulfide) groups is 1. The highest BCUT2D eigenvalue weighted by molar-refractivity contribution is 7.98. The number of ether oxygens (including phenoxy) is 1. The minimum Gasteiger partial charge on any atom is -0.480 e. The largest absolute Gasteiger partial charge is 0.480 e. The standard InChI is InChI=1S/C26H38N4O6S/c1-15(2)21(28)23(32)30(22(31)18(27)11-12-37-6)20(24(33)34)13-16-14-29(25(35)36-26(3,4)5)19-10-8-7-9-17(16)19/h7-10,14-15,18,20-21H,11-13,27-28H2,1-6H3,(H,33,34). The second kappa shape index (κ2) is 12.6. The highest BCUT2D eigenvalue weighted by Crippen LogP contribution is 2.26. The van der Waals surface area contributed by atoms with Crippen LogP contribution < -0.4 is 11.5 Å². The molecule has 1 aromatic heterocycles. The molecule has 2 rings (SSSR count). The average Bonchev–Trinajstić information content (AvgIpc) is 3.18. The van der Waals surface area contributed by atoms with Gasteiger partial charge >= 0.3 is 12.1 Å². The van der Waals surface area contributed by atoms with Crippen LogP contribution in [0.3, 0.4) is 0 Å². The van der Waals surface area contributed by atoms with Gasteiger partial charge in [0, 0.05) is 18.0 Å². The van der Waals surface area contributed by atoms with Crippen molar-refractivity contribution in [1.82, 2.24) is 9.47 Å². The third-order valence-corrected chi connectivity index (χ3v) is 6.47. The van der Waals surface area contributed by atoms with Crippen LogP contribution in [0.15, 0.2) is 30.5 Å². The van der Waals surface area contributed by atoms with E-state index < -0.39 is 47.6 Å². The predicted octanol–water partition coefficient (Wildman–Crippen LogP) is 2.84. The van der Waals surface area contributed by atoms with E-state index in [-0.39, 0.29) is 18.8 Å². The first-order valence-electron chi connectivity index (χ1n) is 12.1. The number of benzene rings is 1. The summed E-state index contributed by atoms with van der Waals surface area (Å²) < 4.78 is 6.80. The van der Waals surface area contributed by atoms with E-state index in [2.05, 4.69) is 0 Å². The number of carboxylic acids is 1. The molecule has 2 amide bonds. The zero-order valence-electron chi connectivity index (χ0n) is 22.3. The predicted molar refractivity (Wildman–Crippen MR) is 144 cm³/mol. The molecule has 10 nitrogen and oxygen atoms in total. The minimum atomic E-state index is -1.58. The second-order valence-electron chi connectivity index (χ2n) is 10.3. The number of nitrogens with zero attached hydrogens (tertiary/aromatic N) is 2. The lowest BCUT2D eigenvalue weighted by molar-refractivity contribution is -0.159. The number of amides is 2. The molecule has 1 heterocycles. The molecule has 0 aliphatic rings. The number of carbonyl (C=O) groups excluding carboxylic acids is 3. The number of aliphatic carboxylic acids is 1. The first-order chi connectivity index (χ1) is 17.2. The van der Waals surface area contributed by atoms with E-state index in [9.17, 15) is 24.3 Å². The molecule has 0 spiro atoms. The maximum absolute atomic E-state index is 13.4. The van der Waals surface area contributed by atoms with E-state index in [1.807, 2.05) is 6.26 Å². The van der Waals surface area contributed by atoms with Gasteiger partial charge in [0.1, 0.15) is 11.6 Å². The summed E-state index contributed by atoms with van der Waals surface area (Å²) in [5, 5.41) is 10.8. The van der Waals surface area contributed by atoms with Crippen molar-refractivity contribution < 1.29 is 29.0 Å². The van der Waals surface area contributed by atoms with Crippen molar-refractivity contribution in [3.63, 3.8) is 0 Å². The quantitative estimate of drug-likeness (QED) is 0.417. The fourth-order valence-corrected chi connectivity index (χ4v) is 4.27. The Balaban J connectivity index is 2.58. The van der Waals surface area contributed by atoms with Crippen LogP contribution in [0.2, 0.25) is 0 Å². The van der Waals surface area contributed by atoms with Crippen molar-refractivity contribution >= 4 is 46.5 Å². The number of hydrogen-bond acceptors (Lipinski definition) is 8. The lowest BCUT2D eigenvalue weighted by Gasteiger charge is -2.32. The van der Waals surface area contributed by atoms with E-state index in [1.54, 1.807) is 58.9 Å². The first-order valence-corrected chi connectivity index (χ1v) is 13.5. The first kappa shape index (κ1) is 30.3. The van der Waals surface area contributed by atoms with Gasteiger partial charge in [0.05, 0.1) is 17.6 Å². The minimum absolute atomic E-state index is 0.247. The van der Waals surface area contributed by atoms with Gasteiger partial charge in [-0.15, -0.1) is 0 Å². The normalized spacial score (nSPS) is 14.3. The van der Waals surface area contributed by atoms with Crippen LogP contribution in [0, 0.1) is 5.92 Å². The molecule has 5 N–H and O–H groups in total. The molecule has 11 heteroatoms. The van der Waals surface area contributed by atoms with E-state index in [1.165, 1.54) is 22.5 Å². The Morgan fingerprint density at radius 2 is 1.73 bits per heavy atom. The topological polar surface area (TPSA) is 158 Å². The summed E-state index contributed by atoms with van der Waals surface area (Å²) in [4.78, 5) is 52.8. The zero-order chi connectivity index (χ0) is 28.1. The summed E-state index contributed by atoms with van der Waals surface area (Å²) in [6.07, 6.45) is 2.73. The maximum Gasteiger partial charge on any atom is 0.419 e. The highest BCUT2D eigenvalue weighted by atomic mass is 32.2. The fourth-order valence-electron chi connectivity index (χ4n) is 3.78. The van der Waals surface area contributed by atoms with Gasteiger partial charge in [-0.05, 0) is 56.7 Å². The summed E-state index contributed by atoms with van der Waals surface area (Å²) in [6.45, 7) is 8.65. The van der Waals surface area contributed by atoms with Crippen LogP contribution in [-0.4, -0.2) is 74.2 Å². The van der Waals surface area contributed by atoms with Crippen LogP contribution in [0.4, 0.5) is 4.79 Å². The fraction of sp³-hybridized carbons (Fsp3) is 0.538. The van der Waals surface area contributed by atoms with Gasteiger partial charge in [-0.3, -0.25) is 19.1 Å². The molecule has 0 saturated heterocycles. The summed E-state index contributed by atoms with van der Waals surface area (Å²) in [6, 6.07) is 3.20. The Bertz CT molecular complexity index is 1140. The molecule has 1 aromatic carbocycles. The van der Waals surface area contributed by atoms with E-state index in [0.717, 1.165) is 0 Å². The SMILES string of the molecule is CSCCC(N)C(=O)N(C(=O)C(N)C(C)C)C(Cc1cn(C(=O)OC(C)(C)C)c2ccccc12)C(=O)O. The second-order valence-corrected chi connectivity index (χ2v) is 11.3. The summed E-state index contributed by atoms with van der Waals surface area (Å²) in [5.74, 6) is -2.76. The summed E-state index contributed by atoms with van der Waals surface area (Å²) >= 11 is 1.48. The third kappa shape index (κ3) is 7.56. The Morgan fingerprint density at radius 3 is 2.27 bits per heavy atom. The Kier molecular flexibility index (Phi) is 10.3. The number of carbonyl (C=O) groups is 4. The van der Waals surface area contributed by atoms with Crippen LogP contribution in [-0.2, 0) is 25.5 Å². The van der Waals surface area contributed by atoms with Crippen LogP contribution in [0.1, 0.15) is 46.6 Å². The number of para-hydroxylation sites is 1. The van der Waals surface area contributed by atoms with Crippen LogP contribution in [0.25, 0.3) is 10.9 Å². The number of carboxylic acid groups (broad SMARTS) is 1. The van der Waals surface area contributed by atoms with Crippen molar-refractivity contribution in [2.75, 3.05) is 12.0 Å². The van der Waals surface area contributed by atoms with Gasteiger partial charge in [0.15, 0.2) is 0 Å².